The van der Waals surface area contributed by atoms with Crippen LogP contribution in [0.1, 0.15) is 32.9 Å². The Morgan fingerprint density at radius 3 is 2.60 bits per heavy atom. The lowest BCUT2D eigenvalue weighted by Crippen LogP contribution is -2.12. The van der Waals surface area contributed by atoms with Gasteiger partial charge in [0.25, 0.3) is 0 Å². The van der Waals surface area contributed by atoms with Crippen molar-refractivity contribution in [3.8, 4) is 6.07 Å². The maximum Gasteiger partial charge on any atom is 0.140 e. The first-order valence-corrected chi connectivity index (χ1v) is 5.11. The summed E-state index contributed by atoms with van der Waals surface area (Å²) in [6, 6.07) is 5.60. The molecule has 0 aliphatic carbocycles. The summed E-state index contributed by atoms with van der Waals surface area (Å²) in [6.07, 6.45) is 2.80. The van der Waals surface area contributed by atoms with E-state index in [0.29, 0.717) is 11.1 Å². The Bertz CT molecular complexity index is 341. The quantitative estimate of drug-likeness (QED) is 0.821. The van der Waals surface area contributed by atoms with Gasteiger partial charge in [0.2, 0.25) is 0 Å². The van der Waals surface area contributed by atoms with Crippen molar-refractivity contribution < 1.29 is 0 Å². The third kappa shape index (κ3) is 4.46. The van der Waals surface area contributed by atoms with Gasteiger partial charge in [-0.3, -0.25) is 0 Å². The van der Waals surface area contributed by atoms with Crippen LogP contribution in [-0.4, -0.2) is 11.5 Å². The molecule has 0 fully saturated rings. The van der Waals surface area contributed by atoms with Crippen molar-refractivity contribution in [2.75, 3.05) is 11.9 Å². The van der Waals surface area contributed by atoms with Crippen LogP contribution in [0.3, 0.4) is 0 Å². The molecule has 0 saturated carbocycles. The average Bonchev–Trinajstić information content (AvgIpc) is 2.17. The summed E-state index contributed by atoms with van der Waals surface area (Å²) >= 11 is 0. The summed E-state index contributed by atoms with van der Waals surface area (Å²) in [5.41, 5.74) is 1.77. The zero-order valence-corrected chi connectivity index (χ0v) is 9.54. The second-order valence-corrected chi connectivity index (χ2v) is 4.78. The molecule has 15 heavy (non-hydrogen) atoms. The minimum absolute atomic E-state index is 0.340. The van der Waals surface area contributed by atoms with Crippen molar-refractivity contribution in [2.45, 2.75) is 27.2 Å². The third-order valence-electron chi connectivity index (χ3n) is 2.08. The van der Waals surface area contributed by atoms with Gasteiger partial charge < -0.3 is 5.32 Å². The van der Waals surface area contributed by atoms with E-state index in [4.69, 9.17) is 5.26 Å². The Morgan fingerprint density at radius 1 is 1.40 bits per heavy atom. The summed E-state index contributed by atoms with van der Waals surface area (Å²) in [7, 11) is 0. The maximum absolute atomic E-state index is 8.58. The normalized spacial score (nSPS) is 10.8. The highest BCUT2D eigenvalue weighted by molar-refractivity contribution is 5.42. The van der Waals surface area contributed by atoms with Crippen molar-refractivity contribution >= 4 is 5.69 Å². The smallest absolute Gasteiger partial charge is 0.140 e. The highest BCUT2D eigenvalue weighted by Gasteiger charge is 2.08. The lowest BCUT2D eigenvalue weighted by molar-refractivity contribution is 0.390. The fraction of sp³-hybridized carbons (Fsp3) is 0.500. The largest absolute Gasteiger partial charge is 0.384 e. The number of nitrogens with one attached hydrogen (secondary N) is 1. The van der Waals surface area contributed by atoms with E-state index in [0.717, 1.165) is 18.7 Å². The van der Waals surface area contributed by atoms with E-state index in [-0.39, 0.29) is 0 Å². The first-order chi connectivity index (χ1) is 7.01. The molecule has 0 aliphatic rings. The van der Waals surface area contributed by atoms with E-state index >= 15 is 0 Å². The van der Waals surface area contributed by atoms with Crippen molar-refractivity contribution in [1.82, 2.24) is 4.98 Å². The molecule has 1 aromatic heterocycles. The van der Waals surface area contributed by atoms with Crippen LogP contribution < -0.4 is 5.32 Å². The minimum Gasteiger partial charge on any atom is -0.384 e. The van der Waals surface area contributed by atoms with Crippen molar-refractivity contribution in [2.24, 2.45) is 5.41 Å². The Kier molecular flexibility index (Phi) is 3.68. The molecule has 1 heterocycles. The molecule has 0 radical (unpaired) electrons. The zero-order chi connectivity index (χ0) is 11.3. The summed E-state index contributed by atoms with van der Waals surface area (Å²) in [5.74, 6) is 0. The van der Waals surface area contributed by atoms with E-state index in [1.807, 2.05) is 12.1 Å². The van der Waals surface area contributed by atoms with Crippen molar-refractivity contribution in [3.63, 3.8) is 0 Å². The number of aromatic nitrogens is 1. The lowest BCUT2D eigenvalue weighted by atomic mass is 9.92. The molecule has 80 valence electrons. The van der Waals surface area contributed by atoms with Gasteiger partial charge >= 0.3 is 0 Å². The van der Waals surface area contributed by atoms with Gasteiger partial charge in [-0.2, -0.15) is 5.26 Å². The summed E-state index contributed by atoms with van der Waals surface area (Å²) in [5, 5.41) is 11.9. The van der Waals surface area contributed by atoms with Crippen molar-refractivity contribution in [3.05, 3.63) is 24.0 Å². The number of anilines is 1. The molecule has 0 aromatic carbocycles. The molecule has 0 spiro atoms. The SMILES string of the molecule is CC(C)(C)CCNc1ccc(C#N)nc1. The van der Waals surface area contributed by atoms with Crippen LogP contribution in [0.2, 0.25) is 0 Å². The van der Waals surface area contributed by atoms with Gasteiger partial charge in [0, 0.05) is 6.54 Å². The molecular weight excluding hydrogens is 186 g/mol. The van der Waals surface area contributed by atoms with E-state index in [1.54, 1.807) is 12.3 Å². The van der Waals surface area contributed by atoms with Crippen LogP contribution in [0.5, 0.6) is 0 Å². The number of pyridine rings is 1. The number of nitrogens with zero attached hydrogens (tertiary/aromatic N) is 2. The molecule has 0 amide bonds. The number of nitriles is 1. The Morgan fingerprint density at radius 2 is 2.13 bits per heavy atom. The Labute approximate surface area is 91.1 Å². The molecule has 0 aliphatic heterocycles. The van der Waals surface area contributed by atoms with Crippen LogP contribution >= 0.6 is 0 Å². The Hall–Kier alpha value is -1.56. The van der Waals surface area contributed by atoms with Gasteiger partial charge in [0.05, 0.1) is 11.9 Å². The number of rotatable bonds is 3. The second-order valence-electron chi connectivity index (χ2n) is 4.78. The number of hydrogen-bond acceptors (Lipinski definition) is 3. The molecule has 1 rings (SSSR count). The molecule has 3 nitrogen and oxygen atoms in total. The van der Waals surface area contributed by atoms with Crippen LogP contribution in [0.25, 0.3) is 0 Å². The first kappa shape index (κ1) is 11.5. The fourth-order valence-electron chi connectivity index (χ4n) is 1.15. The van der Waals surface area contributed by atoms with Gasteiger partial charge in [0.1, 0.15) is 11.8 Å². The molecule has 3 heteroatoms. The van der Waals surface area contributed by atoms with Gasteiger partial charge in [-0.1, -0.05) is 20.8 Å². The molecule has 0 unspecified atom stereocenters. The van der Waals surface area contributed by atoms with E-state index < -0.39 is 0 Å². The minimum atomic E-state index is 0.340. The van der Waals surface area contributed by atoms with Gasteiger partial charge in [-0.05, 0) is 24.0 Å². The first-order valence-electron chi connectivity index (χ1n) is 5.11. The predicted octanol–water partition coefficient (Wildman–Crippen LogP) is 2.80. The fourth-order valence-corrected chi connectivity index (χ4v) is 1.15. The molecular formula is C12H17N3. The highest BCUT2D eigenvalue weighted by atomic mass is 14.9. The van der Waals surface area contributed by atoms with Crippen LogP contribution in [-0.2, 0) is 0 Å². The maximum atomic E-state index is 8.58. The van der Waals surface area contributed by atoms with Crippen LogP contribution in [0.15, 0.2) is 18.3 Å². The van der Waals surface area contributed by atoms with Crippen LogP contribution in [0.4, 0.5) is 5.69 Å². The van der Waals surface area contributed by atoms with Crippen molar-refractivity contribution in [1.29, 1.82) is 5.26 Å². The van der Waals surface area contributed by atoms with Gasteiger partial charge in [-0.15, -0.1) is 0 Å². The standard InChI is InChI=1S/C12H17N3/c1-12(2,3)6-7-14-11-5-4-10(8-13)15-9-11/h4-5,9,14H,6-7H2,1-3H3. The molecule has 0 atom stereocenters. The third-order valence-corrected chi connectivity index (χ3v) is 2.08. The summed E-state index contributed by atoms with van der Waals surface area (Å²) in [6.45, 7) is 7.57. The Balaban J connectivity index is 2.42. The van der Waals surface area contributed by atoms with E-state index in [9.17, 15) is 0 Å². The monoisotopic (exact) mass is 203 g/mol. The van der Waals surface area contributed by atoms with Gasteiger partial charge in [0.15, 0.2) is 0 Å². The molecule has 0 bridgehead atoms. The summed E-state index contributed by atoms with van der Waals surface area (Å²) < 4.78 is 0. The second kappa shape index (κ2) is 4.79. The van der Waals surface area contributed by atoms with E-state index in [2.05, 4.69) is 31.1 Å². The predicted molar refractivity (Wildman–Crippen MR) is 61.5 cm³/mol. The van der Waals surface area contributed by atoms with Crippen LogP contribution in [0, 0.1) is 16.7 Å². The molecule has 1 aromatic rings. The molecule has 1 N–H and O–H groups in total. The van der Waals surface area contributed by atoms with Gasteiger partial charge in [-0.25, -0.2) is 4.98 Å². The molecule has 0 saturated heterocycles. The average molecular weight is 203 g/mol. The van der Waals surface area contributed by atoms with E-state index in [1.165, 1.54) is 0 Å². The zero-order valence-electron chi connectivity index (χ0n) is 9.54. The lowest BCUT2D eigenvalue weighted by Gasteiger charge is -2.18. The summed E-state index contributed by atoms with van der Waals surface area (Å²) in [4.78, 5) is 3.99. The highest BCUT2D eigenvalue weighted by Crippen LogP contribution is 2.18. The topological polar surface area (TPSA) is 48.7 Å². The number of hydrogen-bond donors (Lipinski definition) is 1.